The summed E-state index contributed by atoms with van der Waals surface area (Å²) >= 11 is 0. The Hall–Kier alpha value is -1.43. The van der Waals surface area contributed by atoms with Crippen LogP contribution in [0.15, 0.2) is 6.20 Å². The lowest BCUT2D eigenvalue weighted by molar-refractivity contribution is -0.123. The molecule has 1 atom stereocenters. The number of carbonyl (C=O) groups excluding carboxylic acids is 1. The van der Waals surface area contributed by atoms with E-state index in [0.717, 1.165) is 5.69 Å². The van der Waals surface area contributed by atoms with Crippen molar-refractivity contribution < 1.29 is 4.79 Å². The molecule has 6 heteroatoms. The van der Waals surface area contributed by atoms with E-state index in [4.69, 9.17) is 0 Å². The van der Waals surface area contributed by atoms with Gasteiger partial charge in [-0.15, -0.1) is 5.10 Å². The number of likely N-dealkylation sites (N-methyl/N-ethyl adjacent to an activating group) is 1. The number of carbonyl (C=O) groups is 1. The van der Waals surface area contributed by atoms with Crippen LogP contribution < -0.4 is 10.6 Å². The fourth-order valence-electron chi connectivity index (χ4n) is 1.09. The second-order valence-corrected chi connectivity index (χ2v) is 3.01. The molecule has 0 bridgehead atoms. The van der Waals surface area contributed by atoms with Crippen molar-refractivity contribution in [2.45, 2.75) is 19.5 Å². The lowest BCUT2D eigenvalue weighted by Gasteiger charge is -2.08. The van der Waals surface area contributed by atoms with E-state index in [1.165, 1.54) is 0 Å². The first-order valence-electron chi connectivity index (χ1n) is 4.46. The van der Waals surface area contributed by atoms with E-state index in [9.17, 15) is 4.79 Å². The standard InChI is InChI=1S/C8H15N5O/c1-6(8(14)10-3)13-5-7(4-9-2)11-12-13/h5-6,9H,4H2,1-3H3,(H,10,14). The maximum Gasteiger partial charge on any atom is 0.244 e. The molecule has 0 aliphatic rings. The molecule has 2 N–H and O–H groups in total. The summed E-state index contributed by atoms with van der Waals surface area (Å²) in [5, 5.41) is 13.3. The molecular weight excluding hydrogens is 182 g/mol. The third-order valence-electron chi connectivity index (χ3n) is 1.94. The highest BCUT2D eigenvalue weighted by atomic mass is 16.2. The van der Waals surface area contributed by atoms with Crippen molar-refractivity contribution in [3.8, 4) is 0 Å². The molecule has 78 valence electrons. The Labute approximate surface area is 82.7 Å². The summed E-state index contributed by atoms with van der Waals surface area (Å²) in [6, 6.07) is -0.321. The number of aromatic nitrogens is 3. The largest absolute Gasteiger partial charge is 0.357 e. The van der Waals surface area contributed by atoms with Crippen LogP contribution in [0, 0.1) is 0 Å². The molecule has 0 aromatic carbocycles. The van der Waals surface area contributed by atoms with Crippen LogP contribution in [0.4, 0.5) is 0 Å². The first-order chi connectivity index (χ1) is 6.69. The Balaban J connectivity index is 2.70. The minimum Gasteiger partial charge on any atom is -0.357 e. The van der Waals surface area contributed by atoms with Crippen LogP contribution in [0.3, 0.4) is 0 Å². The molecule has 1 amide bonds. The van der Waals surface area contributed by atoms with Gasteiger partial charge < -0.3 is 10.6 Å². The summed E-state index contributed by atoms with van der Waals surface area (Å²) in [6.45, 7) is 2.43. The highest BCUT2D eigenvalue weighted by Crippen LogP contribution is 2.03. The average Bonchev–Trinajstić information content (AvgIpc) is 2.64. The van der Waals surface area contributed by atoms with E-state index in [1.807, 2.05) is 7.05 Å². The van der Waals surface area contributed by atoms with E-state index in [0.29, 0.717) is 6.54 Å². The van der Waals surface area contributed by atoms with Gasteiger partial charge in [-0.05, 0) is 14.0 Å². The maximum absolute atomic E-state index is 11.3. The SMILES string of the molecule is CNCc1cn(C(C)C(=O)NC)nn1. The molecule has 1 aromatic rings. The zero-order valence-electron chi connectivity index (χ0n) is 8.61. The van der Waals surface area contributed by atoms with E-state index in [-0.39, 0.29) is 11.9 Å². The van der Waals surface area contributed by atoms with Crippen LogP contribution in [0.25, 0.3) is 0 Å². The van der Waals surface area contributed by atoms with Crippen molar-refractivity contribution >= 4 is 5.91 Å². The maximum atomic E-state index is 11.3. The molecule has 0 saturated carbocycles. The highest BCUT2D eigenvalue weighted by molar-refractivity contribution is 5.79. The average molecular weight is 197 g/mol. The topological polar surface area (TPSA) is 71.8 Å². The van der Waals surface area contributed by atoms with E-state index in [2.05, 4.69) is 20.9 Å². The first-order valence-corrected chi connectivity index (χ1v) is 4.46. The molecule has 0 aliphatic heterocycles. The molecule has 0 aliphatic carbocycles. The molecule has 14 heavy (non-hydrogen) atoms. The van der Waals surface area contributed by atoms with E-state index < -0.39 is 0 Å². The number of hydrogen-bond acceptors (Lipinski definition) is 4. The van der Waals surface area contributed by atoms with Gasteiger partial charge in [-0.25, -0.2) is 4.68 Å². The van der Waals surface area contributed by atoms with Gasteiger partial charge >= 0.3 is 0 Å². The van der Waals surface area contributed by atoms with Crippen molar-refractivity contribution in [2.75, 3.05) is 14.1 Å². The predicted octanol–water partition coefficient (Wildman–Crippen LogP) is -0.695. The van der Waals surface area contributed by atoms with Crippen LogP contribution in [0.5, 0.6) is 0 Å². The van der Waals surface area contributed by atoms with Gasteiger partial charge in [0.25, 0.3) is 0 Å². The second-order valence-electron chi connectivity index (χ2n) is 3.01. The van der Waals surface area contributed by atoms with Crippen molar-refractivity contribution in [3.63, 3.8) is 0 Å². The smallest absolute Gasteiger partial charge is 0.244 e. The molecular formula is C8H15N5O. The number of nitrogens with zero attached hydrogens (tertiary/aromatic N) is 3. The lowest BCUT2D eigenvalue weighted by atomic mass is 10.3. The number of rotatable bonds is 4. The van der Waals surface area contributed by atoms with Crippen LogP contribution in [0.2, 0.25) is 0 Å². The number of amides is 1. The van der Waals surface area contributed by atoms with Gasteiger partial charge in [-0.1, -0.05) is 5.21 Å². The molecule has 1 rings (SSSR count). The fourth-order valence-corrected chi connectivity index (χ4v) is 1.09. The Bertz CT molecular complexity index is 308. The molecule has 6 nitrogen and oxygen atoms in total. The summed E-state index contributed by atoms with van der Waals surface area (Å²) < 4.78 is 1.55. The summed E-state index contributed by atoms with van der Waals surface area (Å²) in [5.41, 5.74) is 0.822. The zero-order valence-corrected chi connectivity index (χ0v) is 8.61. The Kier molecular flexibility index (Phi) is 3.58. The minimum absolute atomic E-state index is 0.0779. The summed E-state index contributed by atoms with van der Waals surface area (Å²) in [5.74, 6) is -0.0779. The minimum atomic E-state index is -0.321. The van der Waals surface area contributed by atoms with Gasteiger partial charge in [0.2, 0.25) is 5.91 Å². The first kappa shape index (κ1) is 10.6. The van der Waals surface area contributed by atoms with Crippen molar-refractivity contribution in [1.82, 2.24) is 25.6 Å². The molecule has 0 spiro atoms. The highest BCUT2D eigenvalue weighted by Gasteiger charge is 2.14. The molecule has 1 aromatic heterocycles. The van der Waals surface area contributed by atoms with E-state index >= 15 is 0 Å². The van der Waals surface area contributed by atoms with E-state index in [1.54, 1.807) is 24.9 Å². The quantitative estimate of drug-likeness (QED) is 0.670. The third-order valence-corrected chi connectivity index (χ3v) is 1.94. The molecule has 0 saturated heterocycles. The summed E-state index contributed by atoms with van der Waals surface area (Å²) in [7, 11) is 3.44. The van der Waals surface area contributed by atoms with Gasteiger partial charge in [0.1, 0.15) is 6.04 Å². The second kappa shape index (κ2) is 4.71. The number of hydrogen-bond donors (Lipinski definition) is 2. The third kappa shape index (κ3) is 2.29. The molecule has 0 fully saturated rings. The fraction of sp³-hybridized carbons (Fsp3) is 0.625. The zero-order chi connectivity index (χ0) is 10.6. The van der Waals surface area contributed by atoms with Gasteiger partial charge in [0.05, 0.1) is 11.9 Å². The van der Waals surface area contributed by atoms with Gasteiger partial charge in [0.15, 0.2) is 0 Å². The van der Waals surface area contributed by atoms with Crippen molar-refractivity contribution in [1.29, 1.82) is 0 Å². The Morgan fingerprint density at radius 1 is 1.64 bits per heavy atom. The van der Waals surface area contributed by atoms with Gasteiger partial charge in [-0.2, -0.15) is 0 Å². The van der Waals surface area contributed by atoms with Crippen LogP contribution in [0.1, 0.15) is 18.7 Å². The van der Waals surface area contributed by atoms with Crippen LogP contribution >= 0.6 is 0 Å². The van der Waals surface area contributed by atoms with Gasteiger partial charge in [0, 0.05) is 13.6 Å². The molecule has 0 radical (unpaired) electrons. The normalized spacial score (nSPS) is 12.5. The molecule has 1 unspecified atom stereocenters. The lowest BCUT2D eigenvalue weighted by Crippen LogP contribution is -2.28. The Morgan fingerprint density at radius 3 is 2.93 bits per heavy atom. The Morgan fingerprint density at radius 2 is 2.36 bits per heavy atom. The van der Waals surface area contributed by atoms with Crippen molar-refractivity contribution in [2.24, 2.45) is 0 Å². The summed E-state index contributed by atoms with van der Waals surface area (Å²) in [4.78, 5) is 11.3. The molecule has 1 heterocycles. The number of nitrogens with one attached hydrogen (secondary N) is 2. The predicted molar refractivity (Wildman–Crippen MR) is 51.6 cm³/mol. The van der Waals surface area contributed by atoms with Crippen LogP contribution in [-0.2, 0) is 11.3 Å². The summed E-state index contributed by atoms with van der Waals surface area (Å²) in [6.07, 6.45) is 1.76. The van der Waals surface area contributed by atoms with Gasteiger partial charge in [-0.3, -0.25) is 4.79 Å². The monoisotopic (exact) mass is 197 g/mol. The van der Waals surface area contributed by atoms with Crippen LogP contribution in [-0.4, -0.2) is 35.0 Å². The van der Waals surface area contributed by atoms with Crippen molar-refractivity contribution in [3.05, 3.63) is 11.9 Å².